The van der Waals surface area contributed by atoms with Crippen LogP contribution in [0.25, 0.3) is 5.52 Å². The standard InChI is InChI=1S/C14H14N2O3/c17-12(15-9-14(4-5-14)13(18)19)10-7-11-3-1-2-6-16(11)8-10/h1-3,6-8H,4-5,9H2,(H,15,17)(H,18,19). The number of pyridine rings is 1. The molecule has 1 amide bonds. The zero-order valence-corrected chi connectivity index (χ0v) is 10.3. The third-order valence-corrected chi connectivity index (χ3v) is 3.66. The fourth-order valence-electron chi connectivity index (χ4n) is 2.15. The third kappa shape index (κ3) is 2.07. The number of nitrogens with one attached hydrogen (secondary N) is 1. The molecular formula is C14H14N2O3. The van der Waals surface area contributed by atoms with Crippen LogP contribution in [0.3, 0.4) is 0 Å². The largest absolute Gasteiger partial charge is 0.481 e. The molecule has 2 aromatic heterocycles. The van der Waals surface area contributed by atoms with Gasteiger partial charge in [0, 0.05) is 24.5 Å². The molecule has 2 N–H and O–H groups in total. The van der Waals surface area contributed by atoms with Crippen LogP contribution < -0.4 is 5.32 Å². The lowest BCUT2D eigenvalue weighted by atomic mass is 10.1. The van der Waals surface area contributed by atoms with Gasteiger partial charge in [-0.15, -0.1) is 0 Å². The number of fused-ring (bicyclic) bond motifs is 1. The number of carboxylic acids is 1. The maximum Gasteiger partial charge on any atom is 0.311 e. The lowest BCUT2D eigenvalue weighted by Crippen LogP contribution is -2.34. The van der Waals surface area contributed by atoms with E-state index in [1.165, 1.54) is 0 Å². The highest BCUT2D eigenvalue weighted by Gasteiger charge is 2.50. The lowest BCUT2D eigenvalue weighted by Gasteiger charge is -2.10. The Morgan fingerprint density at radius 3 is 2.79 bits per heavy atom. The smallest absolute Gasteiger partial charge is 0.311 e. The molecule has 5 heteroatoms. The van der Waals surface area contributed by atoms with Gasteiger partial charge in [0.1, 0.15) is 0 Å². The molecule has 2 aromatic rings. The van der Waals surface area contributed by atoms with Gasteiger partial charge < -0.3 is 14.8 Å². The molecule has 0 aromatic carbocycles. The van der Waals surface area contributed by atoms with E-state index in [0.717, 1.165) is 5.52 Å². The van der Waals surface area contributed by atoms with Crippen LogP contribution >= 0.6 is 0 Å². The second-order valence-electron chi connectivity index (χ2n) is 5.03. The Bertz CT molecular complexity index is 623. The highest BCUT2D eigenvalue weighted by molar-refractivity contribution is 5.96. The number of amides is 1. The number of hydrogen-bond donors (Lipinski definition) is 2. The molecule has 0 spiro atoms. The number of hydrogen-bond acceptors (Lipinski definition) is 2. The predicted octanol–water partition coefficient (Wildman–Crippen LogP) is 1.53. The second-order valence-corrected chi connectivity index (χ2v) is 5.03. The molecule has 19 heavy (non-hydrogen) atoms. The minimum absolute atomic E-state index is 0.202. The minimum Gasteiger partial charge on any atom is -0.481 e. The van der Waals surface area contributed by atoms with Gasteiger partial charge in [-0.25, -0.2) is 0 Å². The van der Waals surface area contributed by atoms with E-state index < -0.39 is 11.4 Å². The summed E-state index contributed by atoms with van der Waals surface area (Å²) in [5, 5.41) is 11.8. The van der Waals surface area contributed by atoms with Gasteiger partial charge in [-0.3, -0.25) is 9.59 Å². The summed E-state index contributed by atoms with van der Waals surface area (Å²) in [6, 6.07) is 7.49. The first-order chi connectivity index (χ1) is 9.11. The van der Waals surface area contributed by atoms with Gasteiger partial charge in [0.25, 0.3) is 5.91 Å². The number of rotatable bonds is 4. The molecule has 1 saturated carbocycles. The van der Waals surface area contributed by atoms with E-state index in [0.29, 0.717) is 18.4 Å². The highest BCUT2D eigenvalue weighted by Crippen LogP contribution is 2.45. The van der Waals surface area contributed by atoms with E-state index in [2.05, 4.69) is 5.32 Å². The molecule has 98 valence electrons. The molecular weight excluding hydrogens is 244 g/mol. The Morgan fingerprint density at radius 1 is 1.37 bits per heavy atom. The Kier molecular flexibility index (Phi) is 2.55. The predicted molar refractivity (Wildman–Crippen MR) is 69.0 cm³/mol. The Labute approximate surface area is 109 Å². The fraction of sp³-hybridized carbons (Fsp3) is 0.286. The van der Waals surface area contributed by atoms with Gasteiger partial charge >= 0.3 is 5.97 Å². The van der Waals surface area contributed by atoms with Crippen molar-refractivity contribution in [3.05, 3.63) is 42.2 Å². The molecule has 3 rings (SSSR count). The maximum absolute atomic E-state index is 12.0. The van der Waals surface area contributed by atoms with Gasteiger partial charge in [0.05, 0.1) is 11.0 Å². The lowest BCUT2D eigenvalue weighted by molar-refractivity contribution is -0.143. The van der Waals surface area contributed by atoms with Crippen LogP contribution in [-0.2, 0) is 4.79 Å². The fourth-order valence-corrected chi connectivity index (χ4v) is 2.15. The normalized spacial score (nSPS) is 16.2. The highest BCUT2D eigenvalue weighted by atomic mass is 16.4. The molecule has 1 aliphatic carbocycles. The van der Waals surface area contributed by atoms with E-state index in [9.17, 15) is 9.59 Å². The molecule has 2 heterocycles. The summed E-state index contributed by atoms with van der Waals surface area (Å²) in [4.78, 5) is 23.0. The first kappa shape index (κ1) is 11.8. The van der Waals surface area contributed by atoms with Crippen LogP contribution in [0.5, 0.6) is 0 Å². The molecule has 1 aliphatic rings. The number of carboxylic acid groups (broad SMARTS) is 1. The van der Waals surface area contributed by atoms with Crippen molar-refractivity contribution in [2.75, 3.05) is 6.54 Å². The van der Waals surface area contributed by atoms with E-state index in [1.807, 2.05) is 28.8 Å². The van der Waals surface area contributed by atoms with Crippen LogP contribution in [0, 0.1) is 5.41 Å². The molecule has 0 unspecified atom stereocenters. The van der Waals surface area contributed by atoms with Crippen molar-refractivity contribution < 1.29 is 14.7 Å². The Hall–Kier alpha value is -2.30. The van der Waals surface area contributed by atoms with Crippen molar-refractivity contribution in [1.82, 2.24) is 9.72 Å². The molecule has 0 saturated heterocycles. The van der Waals surface area contributed by atoms with Gasteiger partial charge in [0.15, 0.2) is 0 Å². The molecule has 0 radical (unpaired) electrons. The maximum atomic E-state index is 12.0. The molecule has 5 nitrogen and oxygen atoms in total. The van der Waals surface area contributed by atoms with Crippen molar-refractivity contribution in [3.8, 4) is 0 Å². The minimum atomic E-state index is -0.824. The number of aromatic nitrogens is 1. The molecule has 0 bridgehead atoms. The van der Waals surface area contributed by atoms with Crippen molar-refractivity contribution in [2.45, 2.75) is 12.8 Å². The van der Waals surface area contributed by atoms with Crippen molar-refractivity contribution >= 4 is 17.4 Å². The monoisotopic (exact) mass is 258 g/mol. The van der Waals surface area contributed by atoms with Crippen LogP contribution in [0.2, 0.25) is 0 Å². The second kappa shape index (κ2) is 4.12. The quantitative estimate of drug-likeness (QED) is 0.873. The van der Waals surface area contributed by atoms with Crippen molar-refractivity contribution in [3.63, 3.8) is 0 Å². The van der Waals surface area contributed by atoms with Crippen LogP contribution in [-0.4, -0.2) is 27.9 Å². The average Bonchev–Trinajstić information content (AvgIpc) is 3.07. The summed E-state index contributed by atoms with van der Waals surface area (Å²) in [5.41, 5.74) is 0.758. The van der Waals surface area contributed by atoms with Crippen LogP contribution in [0.1, 0.15) is 23.2 Å². The summed E-state index contributed by atoms with van der Waals surface area (Å²) in [6.07, 6.45) is 4.89. The van der Waals surface area contributed by atoms with Crippen molar-refractivity contribution in [1.29, 1.82) is 0 Å². The van der Waals surface area contributed by atoms with Gasteiger partial charge in [-0.05, 0) is 31.0 Å². The van der Waals surface area contributed by atoms with E-state index >= 15 is 0 Å². The zero-order chi connectivity index (χ0) is 13.5. The summed E-state index contributed by atoms with van der Waals surface area (Å²) in [5.74, 6) is -1.05. The summed E-state index contributed by atoms with van der Waals surface area (Å²) in [7, 11) is 0. The molecule has 0 aliphatic heterocycles. The topological polar surface area (TPSA) is 70.8 Å². The number of nitrogens with zero attached hydrogens (tertiary/aromatic N) is 1. The van der Waals surface area contributed by atoms with E-state index in [4.69, 9.17) is 5.11 Å². The van der Waals surface area contributed by atoms with Gasteiger partial charge in [-0.2, -0.15) is 0 Å². The third-order valence-electron chi connectivity index (χ3n) is 3.66. The zero-order valence-electron chi connectivity index (χ0n) is 10.3. The summed E-state index contributed by atoms with van der Waals surface area (Å²) < 4.78 is 1.86. The number of carbonyl (C=O) groups excluding carboxylic acids is 1. The molecule has 1 fully saturated rings. The van der Waals surface area contributed by atoms with E-state index in [1.54, 1.807) is 12.3 Å². The first-order valence-corrected chi connectivity index (χ1v) is 6.19. The summed E-state index contributed by atoms with van der Waals surface area (Å²) in [6.45, 7) is 0.202. The van der Waals surface area contributed by atoms with Gasteiger partial charge in [0.2, 0.25) is 0 Å². The van der Waals surface area contributed by atoms with Crippen molar-refractivity contribution in [2.24, 2.45) is 5.41 Å². The Morgan fingerprint density at radius 2 is 2.16 bits per heavy atom. The summed E-state index contributed by atoms with van der Waals surface area (Å²) >= 11 is 0. The first-order valence-electron chi connectivity index (χ1n) is 6.19. The van der Waals surface area contributed by atoms with E-state index in [-0.39, 0.29) is 12.5 Å². The average molecular weight is 258 g/mol. The SMILES string of the molecule is O=C(NCC1(C(=O)O)CC1)c1cc2ccccn2c1. The Balaban J connectivity index is 1.72. The van der Waals surface area contributed by atoms with Crippen LogP contribution in [0.4, 0.5) is 0 Å². The number of carbonyl (C=O) groups is 2. The van der Waals surface area contributed by atoms with Gasteiger partial charge in [-0.1, -0.05) is 6.07 Å². The number of aliphatic carboxylic acids is 1. The molecule has 0 atom stereocenters. The van der Waals surface area contributed by atoms with Crippen LogP contribution in [0.15, 0.2) is 36.7 Å².